The number of amides is 1. The minimum absolute atomic E-state index is 0.436. The molecule has 7 nitrogen and oxygen atoms in total. The van der Waals surface area contributed by atoms with E-state index in [1.807, 2.05) is 30.3 Å². The summed E-state index contributed by atoms with van der Waals surface area (Å²) in [5.41, 5.74) is 11.4. The van der Waals surface area contributed by atoms with Crippen LogP contribution in [0.1, 0.15) is 39.6 Å². The standard InChI is InChI=1S/C27H29N5O2S/c1-16-12-20(21(34-3)13-19(16)18-10-7-11-32(2)15-18)30-27-29-14-22-24(31-27)23(25(35-22)26(28)33)17-8-5-4-6-9-17/h4-6,8-9,12-14,18H,7,10-11,15H2,1-3H3,(H2,28,33)(H,29,30,31). The molecule has 0 saturated carbocycles. The van der Waals surface area contributed by atoms with Gasteiger partial charge in [0.15, 0.2) is 0 Å². The molecule has 0 aliphatic carbocycles. The fraction of sp³-hybridized carbons (Fsp3) is 0.296. The first-order chi connectivity index (χ1) is 16.9. The third kappa shape index (κ3) is 4.59. The summed E-state index contributed by atoms with van der Waals surface area (Å²) in [7, 11) is 3.86. The van der Waals surface area contributed by atoms with Crippen molar-refractivity contribution >= 4 is 39.1 Å². The number of primary amides is 1. The van der Waals surface area contributed by atoms with Gasteiger partial charge in [-0.05, 0) is 68.1 Å². The van der Waals surface area contributed by atoms with E-state index in [0.717, 1.165) is 40.4 Å². The number of ether oxygens (including phenoxy) is 1. The number of carbonyl (C=O) groups excluding carboxylic acids is 1. The van der Waals surface area contributed by atoms with Gasteiger partial charge in [0.05, 0.1) is 29.2 Å². The lowest BCUT2D eigenvalue weighted by Gasteiger charge is -2.31. The number of rotatable bonds is 6. The summed E-state index contributed by atoms with van der Waals surface area (Å²) < 4.78 is 6.56. The lowest BCUT2D eigenvalue weighted by Crippen LogP contribution is -2.31. The maximum atomic E-state index is 12.2. The fourth-order valence-corrected chi connectivity index (χ4v) is 5.94. The normalized spacial score (nSPS) is 16.4. The van der Waals surface area contributed by atoms with E-state index in [1.165, 1.54) is 35.3 Å². The first-order valence-electron chi connectivity index (χ1n) is 11.7. The molecule has 2 aromatic heterocycles. The van der Waals surface area contributed by atoms with Gasteiger partial charge in [-0.25, -0.2) is 9.97 Å². The predicted octanol–water partition coefficient (Wildman–Crippen LogP) is 5.33. The van der Waals surface area contributed by atoms with Gasteiger partial charge in [0.2, 0.25) is 5.95 Å². The van der Waals surface area contributed by atoms with Crippen molar-refractivity contribution in [1.82, 2.24) is 14.9 Å². The third-order valence-electron chi connectivity index (χ3n) is 6.62. The zero-order chi connectivity index (χ0) is 24.5. The number of fused-ring (bicyclic) bond motifs is 1. The molecule has 1 atom stereocenters. The second-order valence-electron chi connectivity index (χ2n) is 9.08. The number of aromatic nitrogens is 2. The summed E-state index contributed by atoms with van der Waals surface area (Å²) in [6.07, 6.45) is 4.12. The zero-order valence-electron chi connectivity index (χ0n) is 20.2. The highest BCUT2D eigenvalue weighted by Crippen LogP contribution is 2.39. The Morgan fingerprint density at radius 1 is 1.26 bits per heavy atom. The van der Waals surface area contributed by atoms with Crippen molar-refractivity contribution in [2.45, 2.75) is 25.7 Å². The number of hydrogen-bond donors (Lipinski definition) is 2. The molecule has 0 bridgehead atoms. The Labute approximate surface area is 209 Å². The number of nitrogens with zero attached hydrogens (tertiary/aromatic N) is 3. The Balaban J connectivity index is 1.53. The van der Waals surface area contributed by atoms with Crippen LogP contribution in [0.4, 0.5) is 11.6 Å². The maximum Gasteiger partial charge on any atom is 0.259 e. The SMILES string of the molecule is COc1cc(C2CCCN(C)C2)c(C)cc1Nc1ncc2sc(C(N)=O)c(-c3ccccc3)c2n1. The number of nitrogens with one attached hydrogen (secondary N) is 1. The third-order valence-corrected chi connectivity index (χ3v) is 7.74. The van der Waals surface area contributed by atoms with E-state index in [4.69, 9.17) is 15.5 Å². The topological polar surface area (TPSA) is 93.4 Å². The van der Waals surface area contributed by atoms with E-state index in [9.17, 15) is 4.79 Å². The number of thiophene rings is 1. The molecule has 1 aliphatic rings. The summed E-state index contributed by atoms with van der Waals surface area (Å²) in [5.74, 6) is 1.22. The van der Waals surface area contributed by atoms with Crippen molar-refractivity contribution in [3.8, 4) is 16.9 Å². The lowest BCUT2D eigenvalue weighted by molar-refractivity contribution is 0.100. The van der Waals surface area contributed by atoms with Crippen LogP contribution in [0, 0.1) is 6.92 Å². The maximum absolute atomic E-state index is 12.2. The molecule has 5 rings (SSSR count). The second kappa shape index (κ2) is 9.64. The van der Waals surface area contributed by atoms with Crippen molar-refractivity contribution in [1.29, 1.82) is 0 Å². The van der Waals surface area contributed by atoms with Crippen molar-refractivity contribution in [3.63, 3.8) is 0 Å². The van der Waals surface area contributed by atoms with Gasteiger partial charge in [0.1, 0.15) is 10.6 Å². The van der Waals surface area contributed by atoms with Gasteiger partial charge < -0.3 is 20.7 Å². The molecule has 180 valence electrons. The van der Waals surface area contributed by atoms with Crippen LogP contribution in [0.15, 0.2) is 48.7 Å². The van der Waals surface area contributed by atoms with E-state index in [2.05, 4.69) is 41.3 Å². The molecular weight excluding hydrogens is 458 g/mol. The Morgan fingerprint density at radius 3 is 2.77 bits per heavy atom. The number of benzene rings is 2. The van der Waals surface area contributed by atoms with Gasteiger partial charge in [-0.3, -0.25) is 4.79 Å². The number of likely N-dealkylation sites (N-methyl/N-ethyl adjacent to an activating group) is 1. The number of carbonyl (C=O) groups is 1. The molecular formula is C27H29N5O2S. The molecule has 1 saturated heterocycles. The van der Waals surface area contributed by atoms with Crippen molar-refractivity contribution in [2.75, 3.05) is 32.6 Å². The number of aryl methyl sites for hydroxylation is 1. The van der Waals surface area contributed by atoms with Crippen LogP contribution in [0.25, 0.3) is 21.3 Å². The Kier molecular flexibility index (Phi) is 6.40. The quantitative estimate of drug-likeness (QED) is 0.382. The molecule has 1 amide bonds. The van der Waals surface area contributed by atoms with Crippen molar-refractivity contribution in [3.05, 3.63) is 64.7 Å². The zero-order valence-corrected chi connectivity index (χ0v) is 21.0. The largest absolute Gasteiger partial charge is 0.495 e. The molecule has 0 radical (unpaired) electrons. The smallest absolute Gasteiger partial charge is 0.259 e. The first kappa shape index (κ1) is 23.3. The van der Waals surface area contributed by atoms with Gasteiger partial charge in [-0.1, -0.05) is 30.3 Å². The number of likely N-dealkylation sites (tertiary alicyclic amines) is 1. The van der Waals surface area contributed by atoms with Gasteiger partial charge in [0, 0.05) is 12.1 Å². The molecule has 1 aliphatic heterocycles. The second-order valence-corrected chi connectivity index (χ2v) is 10.1. The Bertz CT molecular complexity index is 1390. The number of nitrogens with two attached hydrogens (primary N) is 1. The van der Waals surface area contributed by atoms with Crippen LogP contribution in [0.3, 0.4) is 0 Å². The highest BCUT2D eigenvalue weighted by atomic mass is 32.1. The van der Waals surface area contributed by atoms with E-state index in [1.54, 1.807) is 13.3 Å². The number of hydrogen-bond acceptors (Lipinski definition) is 7. The molecule has 35 heavy (non-hydrogen) atoms. The molecule has 3 N–H and O–H groups in total. The first-order valence-corrected chi connectivity index (χ1v) is 12.5. The summed E-state index contributed by atoms with van der Waals surface area (Å²) >= 11 is 1.31. The Hall–Kier alpha value is -3.49. The molecule has 8 heteroatoms. The minimum Gasteiger partial charge on any atom is -0.495 e. The molecule has 1 fully saturated rings. The van der Waals surface area contributed by atoms with Gasteiger partial charge in [-0.15, -0.1) is 11.3 Å². The molecule has 1 unspecified atom stereocenters. The van der Waals surface area contributed by atoms with Crippen LogP contribution in [-0.2, 0) is 0 Å². The van der Waals surface area contributed by atoms with Crippen LogP contribution < -0.4 is 15.8 Å². The van der Waals surface area contributed by atoms with E-state index >= 15 is 0 Å². The van der Waals surface area contributed by atoms with E-state index < -0.39 is 5.91 Å². The Morgan fingerprint density at radius 2 is 2.06 bits per heavy atom. The number of piperidine rings is 1. The molecule has 0 spiro atoms. The summed E-state index contributed by atoms with van der Waals surface area (Å²) in [4.78, 5) is 24.4. The highest BCUT2D eigenvalue weighted by molar-refractivity contribution is 7.21. The van der Waals surface area contributed by atoms with Crippen LogP contribution in [0.5, 0.6) is 5.75 Å². The van der Waals surface area contributed by atoms with Crippen LogP contribution in [-0.4, -0.2) is 48.0 Å². The van der Waals surface area contributed by atoms with Gasteiger partial charge >= 0.3 is 0 Å². The molecule has 3 heterocycles. The van der Waals surface area contributed by atoms with Crippen molar-refractivity contribution < 1.29 is 9.53 Å². The summed E-state index contributed by atoms with van der Waals surface area (Å²) in [6, 6.07) is 14.0. The molecule has 4 aromatic rings. The number of methoxy groups -OCH3 is 1. The summed E-state index contributed by atoms with van der Waals surface area (Å²) in [6.45, 7) is 4.35. The highest BCUT2D eigenvalue weighted by Gasteiger charge is 2.23. The monoisotopic (exact) mass is 487 g/mol. The van der Waals surface area contributed by atoms with E-state index in [-0.39, 0.29) is 0 Å². The van der Waals surface area contributed by atoms with Crippen molar-refractivity contribution in [2.24, 2.45) is 5.73 Å². The average Bonchev–Trinajstić information content (AvgIpc) is 3.24. The number of anilines is 2. The lowest BCUT2D eigenvalue weighted by atomic mass is 9.87. The van der Waals surface area contributed by atoms with E-state index in [0.29, 0.717) is 22.3 Å². The summed E-state index contributed by atoms with van der Waals surface area (Å²) in [5, 5.41) is 3.34. The van der Waals surface area contributed by atoms with Crippen LogP contribution >= 0.6 is 11.3 Å². The average molecular weight is 488 g/mol. The van der Waals surface area contributed by atoms with Gasteiger partial charge in [0.25, 0.3) is 5.91 Å². The van der Waals surface area contributed by atoms with Crippen LogP contribution in [0.2, 0.25) is 0 Å². The van der Waals surface area contributed by atoms with Gasteiger partial charge in [-0.2, -0.15) is 0 Å². The predicted molar refractivity (Wildman–Crippen MR) is 142 cm³/mol. The minimum atomic E-state index is -0.470. The molecule has 2 aromatic carbocycles. The fourth-order valence-electron chi connectivity index (χ4n) is 4.95.